The fourth-order valence-electron chi connectivity index (χ4n) is 3.77. The van der Waals surface area contributed by atoms with Crippen molar-refractivity contribution in [2.75, 3.05) is 6.54 Å². The standard InChI is InChI=1S/C22H22BrClN4O2/c1-12-4-3-9-28(12)22(30)16-7-5-14(10-17(16)23)21(29)25-13(2)20-26-18-8-6-15(24)11-19(18)27-20/h5-8,10-13H,3-4,9H2,1-2H3,(H,25,29)(H,26,27)/t12?,13-/m0/s1. The van der Waals surface area contributed by atoms with Crippen LogP contribution in [0.2, 0.25) is 5.02 Å². The topological polar surface area (TPSA) is 78.1 Å². The first-order valence-corrected chi connectivity index (χ1v) is 11.1. The van der Waals surface area contributed by atoms with Crippen molar-refractivity contribution >= 4 is 50.4 Å². The molecular formula is C22H22BrClN4O2. The van der Waals surface area contributed by atoms with Crippen molar-refractivity contribution in [3.8, 4) is 0 Å². The van der Waals surface area contributed by atoms with Crippen molar-refractivity contribution in [2.24, 2.45) is 0 Å². The van der Waals surface area contributed by atoms with Crippen molar-refractivity contribution in [2.45, 2.75) is 38.8 Å². The maximum Gasteiger partial charge on any atom is 0.255 e. The van der Waals surface area contributed by atoms with Crippen LogP contribution in [0, 0.1) is 0 Å². The summed E-state index contributed by atoms with van der Waals surface area (Å²) in [6, 6.07) is 10.4. The fourth-order valence-corrected chi connectivity index (χ4v) is 4.49. The molecule has 0 radical (unpaired) electrons. The van der Waals surface area contributed by atoms with Crippen LogP contribution in [0.1, 0.15) is 59.3 Å². The van der Waals surface area contributed by atoms with Gasteiger partial charge in [0.2, 0.25) is 0 Å². The number of imidazole rings is 1. The first-order valence-electron chi connectivity index (χ1n) is 9.90. The summed E-state index contributed by atoms with van der Waals surface area (Å²) >= 11 is 9.48. The molecule has 4 rings (SSSR count). The van der Waals surface area contributed by atoms with Gasteiger partial charge < -0.3 is 15.2 Å². The number of hydrogen-bond acceptors (Lipinski definition) is 3. The van der Waals surface area contributed by atoms with Gasteiger partial charge in [-0.2, -0.15) is 0 Å². The zero-order valence-electron chi connectivity index (χ0n) is 16.7. The molecule has 2 amide bonds. The Kier molecular flexibility index (Phi) is 5.84. The molecular weight excluding hydrogens is 468 g/mol. The summed E-state index contributed by atoms with van der Waals surface area (Å²) in [5, 5.41) is 3.56. The molecule has 30 heavy (non-hydrogen) atoms. The summed E-state index contributed by atoms with van der Waals surface area (Å²) in [6.45, 7) is 4.70. The van der Waals surface area contributed by atoms with Crippen LogP contribution in [0.5, 0.6) is 0 Å². The number of likely N-dealkylation sites (tertiary alicyclic amines) is 1. The quantitative estimate of drug-likeness (QED) is 0.535. The van der Waals surface area contributed by atoms with Crippen molar-refractivity contribution in [1.82, 2.24) is 20.2 Å². The van der Waals surface area contributed by atoms with Gasteiger partial charge in [-0.3, -0.25) is 9.59 Å². The van der Waals surface area contributed by atoms with E-state index >= 15 is 0 Å². The van der Waals surface area contributed by atoms with E-state index in [0.29, 0.717) is 26.4 Å². The lowest BCUT2D eigenvalue weighted by Gasteiger charge is -2.22. The monoisotopic (exact) mass is 488 g/mol. The van der Waals surface area contributed by atoms with E-state index in [1.165, 1.54) is 0 Å². The van der Waals surface area contributed by atoms with Gasteiger partial charge in [-0.05, 0) is 79.0 Å². The number of hydrogen-bond donors (Lipinski definition) is 2. The molecule has 1 unspecified atom stereocenters. The average Bonchev–Trinajstić information content (AvgIpc) is 3.33. The smallest absolute Gasteiger partial charge is 0.255 e. The van der Waals surface area contributed by atoms with Gasteiger partial charge in [0.15, 0.2) is 0 Å². The molecule has 0 spiro atoms. The molecule has 2 aromatic carbocycles. The number of halogens is 2. The van der Waals surface area contributed by atoms with Crippen LogP contribution < -0.4 is 5.32 Å². The van der Waals surface area contributed by atoms with Crippen LogP contribution in [-0.2, 0) is 0 Å². The Bertz CT molecular complexity index is 1130. The number of amides is 2. The lowest BCUT2D eigenvalue weighted by molar-refractivity contribution is 0.0745. The third-order valence-corrected chi connectivity index (χ3v) is 6.39. The van der Waals surface area contributed by atoms with Crippen molar-refractivity contribution in [1.29, 1.82) is 0 Å². The minimum Gasteiger partial charge on any atom is -0.342 e. The molecule has 2 N–H and O–H groups in total. The molecule has 1 saturated heterocycles. The molecule has 156 valence electrons. The Labute approximate surface area is 188 Å². The van der Waals surface area contributed by atoms with Crippen LogP contribution in [-0.4, -0.2) is 39.3 Å². The minimum atomic E-state index is -0.325. The molecule has 0 aliphatic carbocycles. The third kappa shape index (κ3) is 4.09. The molecule has 1 aliphatic rings. The van der Waals surface area contributed by atoms with Crippen LogP contribution in [0.3, 0.4) is 0 Å². The highest BCUT2D eigenvalue weighted by Gasteiger charge is 2.27. The van der Waals surface area contributed by atoms with Crippen molar-refractivity contribution in [3.63, 3.8) is 0 Å². The maximum atomic E-state index is 12.8. The SMILES string of the molecule is CC1CCCN1C(=O)c1ccc(C(=O)N[C@@H](C)c2nc3cc(Cl)ccc3[nH]2)cc1Br. The number of carbonyl (C=O) groups excluding carboxylic acids is 2. The average molecular weight is 490 g/mol. The number of fused-ring (bicyclic) bond motifs is 1. The molecule has 1 aromatic heterocycles. The number of carbonyl (C=O) groups is 2. The summed E-state index contributed by atoms with van der Waals surface area (Å²) in [5.41, 5.74) is 2.65. The van der Waals surface area contributed by atoms with E-state index in [0.717, 1.165) is 30.4 Å². The highest BCUT2D eigenvalue weighted by molar-refractivity contribution is 9.10. The normalized spacial score (nSPS) is 17.3. The zero-order valence-corrected chi connectivity index (χ0v) is 19.0. The van der Waals surface area contributed by atoms with E-state index in [1.807, 2.05) is 17.9 Å². The lowest BCUT2D eigenvalue weighted by atomic mass is 10.1. The molecule has 0 saturated carbocycles. The largest absolute Gasteiger partial charge is 0.342 e. The molecule has 3 aromatic rings. The Morgan fingerprint density at radius 2 is 2.10 bits per heavy atom. The molecule has 1 aliphatic heterocycles. The number of nitrogens with one attached hydrogen (secondary N) is 2. The number of H-pyrrole nitrogens is 1. The Morgan fingerprint density at radius 3 is 2.80 bits per heavy atom. The minimum absolute atomic E-state index is 0.00635. The summed E-state index contributed by atoms with van der Waals surface area (Å²) in [7, 11) is 0. The predicted octanol–water partition coefficient (Wildman–Crippen LogP) is 5.09. The number of nitrogens with zero attached hydrogens (tertiary/aromatic N) is 2. The second kappa shape index (κ2) is 8.40. The molecule has 1 fully saturated rings. The number of rotatable bonds is 4. The van der Waals surface area contributed by atoms with Crippen LogP contribution in [0.15, 0.2) is 40.9 Å². The fraction of sp³-hybridized carbons (Fsp3) is 0.318. The van der Waals surface area contributed by atoms with Gasteiger partial charge in [0, 0.05) is 27.6 Å². The Hall–Kier alpha value is -2.38. The summed E-state index contributed by atoms with van der Waals surface area (Å²) in [4.78, 5) is 35.2. The van der Waals surface area contributed by atoms with Gasteiger partial charge in [-0.25, -0.2) is 4.98 Å². The lowest BCUT2D eigenvalue weighted by Crippen LogP contribution is -2.34. The van der Waals surface area contributed by atoms with Crippen molar-refractivity contribution in [3.05, 3.63) is 62.8 Å². The van der Waals surface area contributed by atoms with E-state index in [9.17, 15) is 9.59 Å². The van der Waals surface area contributed by atoms with Crippen molar-refractivity contribution < 1.29 is 9.59 Å². The summed E-state index contributed by atoms with van der Waals surface area (Å²) in [6.07, 6.45) is 2.05. The van der Waals surface area contributed by atoms with Crippen LogP contribution >= 0.6 is 27.5 Å². The molecule has 8 heteroatoms. The van der Waals surface area contributed by atoms with E-state index in [4.69, 9.17) is 11.6 Å². The molecule has 2 heterocycles. The van der Waals surface area contributed by atoms with Gasteiger partial charge >= 0.3 is 0 Å². The number of aromatic amines is 1. The maximum absolute atomic E-state index is 12.8. The summed E-state index contributed by atoms with van der Waals surface area (Å²) in [5.74, 6) is 0.401. The van der Waals surface area contributed by atoms with Gasteiger partial charge in [-0.15, -0.1) is 0 Å². The van der Waals surface area contributed by atoms with Gasteiger partial charge in [0.1, 0.15) is 5.82 Å². The highest BCUT2D eigenvalue weighted by Crippen LogP contribution is 2.25. The van der Waals surface area contributed by atoms with E-state index in [2.05, 4.69) is 38.1 Å². The first kappa shape index (κ1) is 20.9. The second-order valence-electron chi connectivity index (χ2n) is 7.66. The third-order valence-electron chi connectivity index (χ3n) is 5.50. The Balaban J connectivity index is 1.48. The molecule has 0 bridgehead atoms. The second-order valence-corrected chi connectivity index (χ2v) is 8.95. The summed E-state index contributed by atoms with van der Waals surface area (Å²) < 4.78 is 0.616. The van der Waals surface area contributed by atoms with Crippen LogP contribution in [0.4, 0.5) is 0 Å². The Morgan fingerprint density at radius 1 is 1.30 bits per heavy atom. The van der Waals surface area contributed by atoms with E-state index in [1.54, 1.807) is 30.3 Å². The molecule has 2 atom stereocenters. The van der Waals surface area contributed by atoms with E-state index < -0.39 is 0 Å². The van der Waals surface area contributed by atoms with Gasteiger partial charge in [0.25, 0.3) is 11.8 Å². The predicted molar refractivity (Wildman–Crippen MR) is 121 cm³/mol. The van der Waals surface area contributed by atoms with E-state index in [-0.39, 0.29) is 23.9 Å². The van der Waals surface area contributed by atoms with Gasteiger partial charge in [-0.1, -0.05) is 11.6 Å². The number of benzene rings is 2. The van der Waals surface area contributed by atoms with Gasteiger partial charge in [0.05, 0.1) is 22.6 Å². The van der Waals surface area contributed by atoms with Crippen LogP contribution in [0.25, 0.3) is 11.0 Å². The number of aromatic nitrogens is 2. The first-order chi connectivity index (χ1) is 14.3. The molecule has 6 nitrogen and oxygen atoms in total. The zero-order chi connectivity index (χ0) is 21.4. The highest BCUT2D eigenvalue weighted by atomic mass is 79.9.